The lowest BCUT2D eigenvalue weighted by atomic mass is 10.0. The van der Waals surface area contributed by atoms with Gasteiger partial charge in [0.05, 0.1) is 17.1 Å². The Hall–Kier alpha value is -2.51. The number of hydrogen-bond donors (Lipinski definition) is 0. The molecule has 3 heterocycles. The number of nitrogens with zero attached hydrogens (tertiary/aromatic N) is 6. The Morgan fingerprint density at radius 1 is 1.03 bits per heavy atom. The average molecular weight is 435 g/mol. The third kappa shape index (κ3) is 4.72. The Labute approximate surface area is 188 Å². The molecular formula is C24H30N6S. The molecule has 2 aromatic heterocycles. The van der Waals surface area contributed by atoms with E-state index in [1.165, 1.54) is 17.7 Å². The zero-order valence-corrected chi connectivity index (χ0v) is 19.4. The molecule has 0 fully saturated rings. The van der Waals surface area contributed by atoms with Crippen LogP contribution < -0.4 is 0 Å². The molecule has 0 saturated heterocycles. The van der Waals surface area contributed by atoms with Crippen LogP contribution in [-0.4, -0.2) is 56.3 Å². The quantitative estimate of drug-likeness (QED) is 0.467. The van der Waals surface area contributed by atoms with Crippen LogP contribution in [0.5, 0.6) is 0 Å². The van der Waals surface area contributed by atoms with Crippen LogP contribution in [0.2, 0.25) is 0 Å². The van der Waals surface area contributed by atoms with E-state index in [1.807, 2.05) is 24.4 Å². The predicted molar refractivity (Wildman–Crippen MR) is 127 cm³/mol. The van der Waals surface area contributed by atoms with Gasteiger partial charge in [-0.05, 0) is 62.5 Å². The van der Waals surface area contributed by atoms with E-state index in [9.17, 15) is 0 Å². The molecule has 1 aromatic carbocycles. The van der Waals surface area contributed by atoms with Crippen molar-refractivity contribution in [2.75, 3.05) is 25.9 Å². The first-order chi connectivity index (χ1) is 15.2. The Morgan fingerprint density at radius 3 is 2.58 bits per heavy atom. The van der Waals surface area contributed by atoms with Crippen molar-refractivity contribution in [3.63, 3.8) is 0 Å². The summed E-state index contributed by atoms with van der Waals surface area (Å²) in [6, 6.07) is 12.5. The maximum absolute atomic E-state index is 4.93. The van der Waals surface area contributed by atoms with Gasteiger partial charge >= 0.3 is 0 Å². The fourth-order valence-corrected chi connectivity index (χ4v) is 4.55. The minimum Gasteiger partial charge on any atom is -0.303 e. The molecule has 3 aromatic rings. The van der Waals surface area contributed by atoms with Crippen molar-refractivity contribution < 1.29 is 0 Å². The smallest absolute Gasteiger partial charge is 0.159 e. The van der Waals surface area contributed by atoms with Gasteiger partial charge in [-0.2, -0.15) is 0 Å². The van der Waals surface area contributed by atoms with Gasteiger partial charge in [-0.25, -0.2) is 0 Å². The van der Waals surface area contributed by atoms with Crippen LogP contribution >= 0.6 is 11.8 Å². The van der Waals surface area contributed by atoms with Gasteiger partial charge in [0.15, 0.2) is 5.82 Å². The lowest BCUT2D eigenvalue weighted by Gasteiger charge is -2.21. The minimum absolute atomic E-state index is 0.496. The largest absolute Gasteiger partial charge is 0.303 e. The van der Waals surface area contributed by atoms with E-state index in [0.717, 1.165) is 60.4 Å². The molecule has 0 unspecified atom stereocenters. The second-order valence-electron chi connectivity index (χ2n) is 7.72. The molecule has 1 aliphatic heterocycles. The molecule has 6 nitrogen and oxygen atoms in total. The summed E-state index contributed by atoms with van der Waals surface area (Å²) in [7, 11) is 0. The van der Waals surface area contributed by atoms with Gasteiger partial charge in [0.2, 0.25) is 0 Å². The Morgan fingerprint density at radius 2 is 1.87 bits per heavy atom. The van der Waals surface area contributed by atoms with Crippen molar-refractivity contribution in [2.24, 2.45) is 4.99 Å². The van der Waals surface area contributed by atoms with Crippen LogP contribution in [0.15, 0.2) is 52.5 Å². The van der Waals surface area contributed by atoms with Crippen LogP contribution in [-0.2, 0) is 13.0 Å². The highest BCUT2D eigenvalue weighted by atomic mass is 32.2. The molecule has 31 heavy (non-hydrogen) atoms. The summed E-state index contributed by atoms with van der Waals surface area (Å²) < 4.78 is 2.22. The van der Waals surface area contributed by atoms with Crippen LogP contribution in [0, 0.1) is 0 Å². The number of pyridine rings is 1. The zero-order valence-electron chi connectivity index (χ0n) is 18.6. The summed E-state index contributed by atoms with van der Waals surface area (Å²) in [6.45, 7) is 8.20. The average Bonchev–Trinajstić information content (AvgIpc) is 3.13. The van der Waals surface area contributed by atoms with Crippen molar-refractivity contribution in [3.05, 3.63) is 65.5 Å². The number of benzene rings is 1. The molecular weight excluding hydrogens is 404 g/mol. The maximum Gasteiger partial charge on any atom is 0.159 e. The van der Waals surface area contributed by atoms with E-state index in [1.54, 1.807) is 11.8 Å². The first-order valence-corrected chi connectivity index (χ1v) is 12.3. The van der Waals surface area contributed by atoms with Gasteiger partial charge in [-0.15, -0.1) is 22.0 Å². The monoisotopic (exact) mass is 434 g/mol. The van der Waals surface area contributed by atoms with E-state index in [0.29, 0.717) is 6.54 Å². The Balaban J connectivity index is 1.73. The minimum atomic E-state index is 0.496. The zero-order chi connectivity index (χ0) is 21.6. The lowest BCUT2D eigenvalue weighted by molar-refractivity contribution is 0.276. The van der Waals surface area contributed by atoms with E-state index in [4.69, 9.17) is 4.99 Å². The van der Waals surface area contributed by atoms with E-state index >= 15 is 0 Å². The second kappa shape index (κ2) is 10.2. The molecule has 0 aliphatic carbocycles. The highest BCUT2D eigenvalue weighted by molar-refractivity contribution is 7.98. The number of aliphatic imine (C=N–C) groups is 1. The molecule has 0 amide bonds. The standard InChI is InChI=1S/C24H30N6S/c1-4-13-29(14-5-2)15-11-22-27-28-23-17-26-24(20-8-6-7-12-25-20)19-16-18(31-3)9-10-21(19)30(22)23/h6-10,12,16H,4-5,11,13-15,17H2,1-3H3. The molecule has 0 saturated carbocycles. The van der Waals surface area contributed by atoms with Gasteiger partial charge < -0.3 is 4.90 Å². The van der Waals surface area contributed by atoms with Gasteiger partial charge in [0.25, 0.3) is 0 Å². The number of aromatic nitrogens is 4. The van der Waals surface area contributed by atoms with Crippen molar-refractivity contribution in [1.29, 1.82) is 0 Å². The van der Waals surface area contributed by atoms with Crippen LogP contribution in [0.4, 0.5) is 0 Å². The van der Waals surface area contributed by atoms with Crippen molar-refractivity contribution >= 4 is 17.5 Å². The third-order valence-electron chi connectivity index (χ3n) is 5.51. The Bertz CT molecular complexity index is 1040. The highest BCUT2D eigenvalue weighted by Gasteiger charge is 2.24. The normalized spacial score (nSPS) is 13.0. The molecule has 0 bridgehead atoms. The van der Waals surface area contributed by atoms with Gasteiger partial charge in [-0.1, -0.05) is 19.9 Å². The Kier molecular flexibility index (Phi) is 7.14. The molecule has 0 N–H and O–H groups in total. The molecule has 4 rings (SSSR count). The van der Waals surface area contributed by atoms with Crippen LogP contribution in [0.25, 0.3) is 5.69 Å². The molecule has 0 radical (unpaired) electrons. The van der Waals surface area contributed by atoms with Gasteiger partial charge in [-0.3, -0.25) is 14.5 Å². The first-order valence-electron chi connectivity index (χ1n) is 11.0. The van der Waals surface area contributed by atoms with Crippen LogP contribution in [0.1, 0.15) is 49.6 Å². The SMILES string of the molecule is CCCN(CCC)CCc1nnc2n1-c1ccc(SC)cc1C(c1ccccn1)=NC2. The second-order valence-corrected chi connectivity index (χ2v) is 8.60. The van der Waals surface area contributed by atoms with Crippen molar-refractivity contribution in [1.82, 2.24) is 24.6 Å². The summed E-state index contributed by atoms with van der Waals surface area (Å²) in [6.07, 6.45) is 7.12. The first kappa shape index (κ1) is 21.7. The summed E-state index contributed by atoms with van der Waals surface area (Å²) in [4.78, 5) is 13.2. The molecule has 0 spiro atoms. The topological polar surface area (TPSA) is 59.2 Å². The van der Waals surface area contributed by atoms with E-state index in [-0.39, 0.29) is 0 Å². The number of hydrogen-bond acceptors (Lipinski definition) is 6. The van der Waals surface area contributed by atoms with Crippen molar-refractivity contribution in [2.45, 2.75) is 44.6 Å². The molecule has 1 aliphatic rings. The molecule has 7 heteroatoms. The molecule has 162 valence electrons. The maximum atomic E-state index is 4.93. The van der Waals surface area contributed by atoms with E-state index < -0.39 is 0 Å². The number of thioether (sulfide) groups is 1. The summed E-state index contributed by atoms with van der Waals surface area (Å²) in [5, 5.41) is 9.09. The molecule has 0 atom stereocenters. The summed E-state index contributed by atoms with van der Waals surface area (Å²) in [5.41, 5.74) is 3.98. The fraction of sp³-hybridized carbons (Fsp3) is 0.417. The third-order valence-corrected chi connectivity index (χ3v) is 6.24. The highest BCUT2D eigenvalue weighted by Crippen LogP contribution is 2.29. The van der Waals surface area contributed by atoms with Gasteiger partial charge in [0, 0.05) is 29.6 Å². The summed E-state index contributed by atoms with van der Waals surface area (Å²) in [5.74, 6) is 1.89. The fourth-order valence-electron chi connectivity index (χ4n) is 4.11. The van der Waals surface area contributed by atoms with E-state index in [2.05, 4.69) is 63.0 Å². The lowest BCUT2D eigenvalue weighted by Crippen LogP contribution is -2.28. The van der Waals surface area contributed by atoms with Crippen molar-refractivity contribution in [3.8, 4) is 5.69 Å². The predicted octanol–water partition coefficient (Wildman–Crippen LogP) is 4.40. The summed E-state index contributed by atoms with van der Waals surface area (Å²) >= 11 is 1.74. The number of rotatable bonds is 9. The van der Waals surface area contributed by atoms with Crippen LogP contribution in [0.3, 0.4) is 0 Å². The van der Waals surface area contributed by atoms with Gasteiger partial charge in [0.1, 0.15) is 12.4 Å². The number of fused-ring (bicyclic) bond motifs is 3.